The third-order valence-electron chi connectivity index (χ3n) is 7.23. The molecule has 2 heterocycles. The van der Waals surface area contributed by atoms with Gasteiger partial charge in [0.2, 0.25) is 11.8 Å². The molecule has 176 valence electrons. The number of aliphatic hydroxyl groups excluding tert-OH is 1. The largest absolute Gasteiger partial charge is 0.387 e. The molecule has 0 aromatic heterocycles. The lowest BCUT2D eigenvalue weighted by atomic mass is 9.84. The van der Waals surface area contributed by atoms with Gasteiger partial charge in [-0.2, -0.15) is 0 Å². The number of amides is 2. The summed E-state index contributed by atoms with van der Waals surface area (Å²) in [4.78, 5) is 28.1. The van der Waals surface area contributed by atoms with Crippen LogP contribution in [-0.4, -0.2) is 65.0 Å². The molecule has 0 saturated carbocycles. The number of halogens is 1. The van der Waals surface area contributed by atoms with Gasteiger partial charge in [0.1, 0.15) is 12.4 Å². The van der Waals surface area contributed by atoms with Crippen LogP contribution in [0.1, 0.15) is 53.1 Å². The molecule has 2 aromatic carbocycles. The molecule has 2 aliphatic heterocycles. The van der Waals surface area contributed by atoms with Crippen molar-refractivity contribution >= 4 is 11.8 Å². The van der Waals surface area contributed by atoms with E-state index in [9.17, 15) is 19.1 Å². The molecule has 2 saturated heterocycles. The SMILES string of the molecule is NC(=O)c1cccc([C@H]2C[C@H]3CC[C@@H](C2)N3CCN(CCc2ccc(F)cc2)C(=O)CO)c1. The highest BCUT2D eigenvalue weighted by atomic mass is 19.1. The fraction of sp³-hybridized carbons (Fsp3) is 0.462. The second-order valence-corrected chi connectivity index (χ2v) is 9.20. The number of primary amides is 1. The number of carbonyl (C=O) groups is 2. The van der Waals surface area contributed by atoms with Gasteiger partial charge in [0.25, 0.3) is 0 Å². The summed E-state index contributed by atoms with van der Waals surface area (Å²) in [5.41, 5.74) is 8.16. The zero-order valence-corrected chi connectivity index (χ0v) is 18.8. The minimum atomic E-state index is -0.505. The highest BCUT2D eigenvalue weighted by Gasteiger charge is 2.41. The van der Waals surface area contributed by atoms with Crippen molar-refractivity contribution in [2.45, 2.75) is 50.1 Å². The number of nitrogens with two attached hydrogens (primary N) is 1. The topological polar surface area (TPSA) is 86.9 Å². The van der Waals surface area contributed by atoms with E-state index in [1.54, 1.807) is 23.1 Å². The van der Waals surface area contributed by atoms with Crippen LogP contribution in [0.25, 0.3) is 0 Å². The molecule has 0 spiro atoms. The maximum absolute atomic E-state index is 13.1. The van der Waals surface area contributed by atoms with E-state index in [1.807, 2.05) is 12.1 Å². The molecule has 2 fully saturated rings. The Kier molecular flexibility index (Phi) is 7.40. The van der Waals surface area contributed by atoms with Crippen molar-refractivity contribution in [1.82, 2.24) is 9.80 Å². The first-order valence-electron chi connectivity index (χ1n) is 11.7. The van der Waals surface area contributed by atoms with Crippen LogP contribution in [0.4, 0.5) is 4.39 Å². The number of carbonyl (C=O) groups excluding carboxylic acids is 2. The van der Waals surface area contributed by atoms with Gasteiger partial charge in [-0.15, -0.1) is 0 Å². The zero-order valence-electron chi connectivity index (χ0n) is 18.8. The molecule has 7 heteroatoms. The first-order valence-corrected chi connectivity index (χ1v) is 11.7. The van der Waals surface area contributed by atoms with Crippen LogP contribution in [0.15, 0.2) is 48.5 Å². The van der Waals surface area contributed by atoms with E-state index < -0.39 is 12.5 Å². The monoisotopic (exact) mass is 453 g/mol. The molecule has 2 aromatic rings. The number of rotatable bonds is 9. The van der Waals surface area contributed by atoms with Crippen molar-refractivity contribution in [2.24, 2.45) is 5.73 Å². The number of aliphatic hydroxyl groups is 1. The van der Waals surface area contributed by atoms with E-state index in [-0.39, 0.29) is 11.7 Å². The van der Waals surface area contributed by atoms with Gasteiger partial charge in [0.05, 0.1) is 0 Å². The summed E-state index contributed by atoms with van der Waals surface area (Å²) in [5, 5.41) is 9.43. The average Bonchev–Trinajstić information content (AvgIpc) is 3.06. The van der Waals surface area contributed by atoms with Crippen molar-refractivity contribution in [3.05, 3.63) is 71.0 Å². The van der Waals surface area contributed by atoms with Crippen molar-refractivity contribution in [3.63, 3.8) is 0 Å². The van der Waals surface area contributed by atoms with Crippen LogP contribution in [0.5, 0.6) is 0 Å². The number of benzene rings is 2. The lowest BCUT2D eigenvalue weighted by Crippen LogP contribution is -2.47. The lowest BCUT2D eigenvalue weighted by molar-refractivity contribution is -0.134. The van der Waals surface area contributed by atoms with E-state index in [2.05, 4.69) is 11.0 Å². The third kappa shape index (κ3) is 5.60. The van der Waals surface area contributed by atoms with Gasteiger partial charge >= 0.3 is 0 Å². The van der Waals surface area contributed by atoms with Gasteiger partial charge in [-0.1, -0.05) is 24.3 Å². The minimum absolute atomic E-state index is 0.275. The smallest absolute Gasteiger partial charge is 0.248 e. The predicted octanol–water partition coefficient (Wildman–Crippen LogP) is 2.70. The van der Waals surface area contributed by atoms with Gasteiger partial charge in [0, 0.05) is 37.3 Å². The summed E-state index contributed by atoms with van der Waals surface area (Å²) < 4.78 is 13.1. The minimum Gasteiger partial charge on any atom is -0.387 e. The molecule has 0 aliphatic carbocycles. The summed E-state index contributed by atoms with van der Waals surface area (Å²) in [6, 6.07) is 14.9. The molecule has 3 N–H and O–H groups in total. The first-order chi connectivity index (χ1) is 15.9. The Morgan fingerprint density at radius 3 is 2.39 bits per heavy atom. The molecular formula is C26H32FN3O3. The van der Waals surface area contributed by atoms with Crippen molar-refractivity contribution < 1.29 is 19.1 Å². The molecule has 33 heavy (non-hydrogen) atoms. The van der Waals surface area contributed by atoms with E-state index in [4.69, 9.17) is 5.73 Å². The van der Waals surface area contributed by atoms with Crippen LogP contribution in [-0.2, 0) is 11.2 Å². The van der Waals surface area contributed by atoms with Gasteiger partial charge in [0.15, 0.2) is 0 Å². The summed E-state index contributed by atoms with van der Waals surface area (Å²) in [7, 11) is 0. The Hall–Kier alpha value is -2.77. The van der Waals surface area contributed by atoms with E-state index in [0.717, 1.165) is 37.8 Å². The predicted molar refractivity (Wildman–Crippen MR) is 124 cm³/mol. The standard InChI is InChI=1S/C26H32FN3O3/c27-22-6-4-18(5-7-22)10-11-29(25(32)17-31)12-13-30-23-8-9-24(30)16-21(15-23)19-2-1-3-20(14-19)26(28)33/h1-7,14,21,23-24,31H,8-13,15-17H2,(H2,28,33)/t21-,23+,24-. The molecule has 2 amide bonds. The van der Waals surface area contributed by atoms with Crippen molar-refractivity contribution in [2.75, 3.05) is 26.2 Å². The van der Waals surface area contributed by atoms with Gasteiger partial charge in [-0.3, -0.25) is 14.5 Å². The Labute approximate surface area is 194 Å². The Balaban J connectivity index is 1.35. The second kappa shape index (κ2) is 10.4. The normalized spacial score (nSPS) is 22.3. The van der Waals surface area contributed by atoms with Crippen LogP contribution in [0.2, 0.25) is 0 Å². The first kappa shape index (κ1) is 23.4. The number of piperidine rings is 1. The van der Waals surface area contributed by atoms with E-state index >= 15 is 0 Å². The molecular weight excluding hydrogens is 421 g/mol. The van der Waals surface area contributed by atoms with Crippen molar-refractivity contribution in [1.29, 1.82) is 0 Å². The van der Waals surface area contributed by atoms with Crippen molar-refractivity contribution in [3.8, 4) is 0 Å². The van der Waals surface area contributed by atoms with E-state index in [1.165, 1.54) is 17.7 Å². The average molecular weight is 454 g/mol. The third-order valence-corrected chi connectivity index (χ3v) is 7.23. The molecule has 4 rings (SSSR count). The maximum atomic E-state index is 13.1. The van der Waals surface area contributed by atoms with E-state index in [0.29, 0.717) is 43.1 Å². The Morgan fingerprint density at radius 1 is 1.06 bits per heavy atom. The number of nitrogens with zero attached hydrogens (tertiary/aromatic N) is 2. The highest BCUT2D eigenvalue weighted by molar-refractivity contribution is 5.92. The Bertz CT molecular complexity index is 967. The van der Waals surface area contributed by atoms with Gasteiger partial charge in [-0.25, -0.2) is 4.39 Å². The van der Waals surface area contributed by atoms with Crippen LogP contribution in [0, 0.1) is 5.82 Å². The number of hydrogen-bond donors (Lipinski definition) is 2. The van der Waals surface area contributed by atoms with Gasteiger partial charge < -0.3 is 15.7 Å². The summed E-state index contributed by atoms with van der Waals surface area (Å²) in [6.45, 7) is 1.33. The number of hydrogen-bond acceptors (Lipinski definition) is 4. The molecule has 2 aliphatic rings. The molecule has 0 radical (unpaired) electrons. The van der Waals surface area contributed by atoms with Crippen LogP contribution < -0.4 is 5.73 Å². The molecule has 3 atom stereocenters. The zero-order chi connectivity index (χ0) is 23.4. The van der Waals surface area contributed by atoms with Crippen LogP contribution in [0.3, 0.4) is 0 Å². The lowest BCUT2D eigenvalue weighted by Gasteiger charge is -2.40. The fourth-order valence-corrected chi connectivity index (χ4v) is 5.47. The summed E-state index contributed by atoms with van der Waals surface area (Å²) in [6.07, 6.45) is 4.96. The van der Waals surface area contributed by atoms with Gasteiger partial charge in [-0.05, 0) is 73.4 Å². The summed E-state index contributed by atoms with van der Waals surface area (Å²) >= 11 is 0. The quantitative estimate of drug-likeness (QED) is 0.611. The molecule has 6 nitrogen and oxygen atoms in total. The second-order valence-electron chi connectivity index (χ2n) is 9.20. The highest BCUT2D eigenvalue weighted by Crippen LogP contribution is 2.43. The Morgan fingerprint density at radius 2 is 1.76 bits per heavy atom. The molecule has 0 unspecified atom stereocenters. The maximum Gasteiger partial charge on any atom is 0.248 e. The number of fused-ring (bicyclic) bond motifs is 2. The fourth-order valence-electron chi connectivity index (χ4n) is 5.47. The van der Waals surface area contributed by atoms with Crippen LogP contribution >= 0.6 is 0 Å². The molecule has 2 bridgehead atoms. The summed E-state index contributed by atoms with van der Waals surface area (Å²) in [5.74, 6) is -0.539.